The van der Waals surface area contributed by atoms with Gasteiger partial charge in [0.1, 0.15) is 0 Å². The summed E-state index contributed by atoms with van der Waals surface area (Å²) >= 11 is 0. The first-order chi connectivity index (χ1) is 12.7. The number of hydrogen-bond acceptors (Lipinski definition) is 4. The Kier molecular flexibility index (Phi) is 4.78. The van der Waals surface area contributed by atoms with Gasteiger partial charge in [-0.1, -0.05) is 30.3 Å². The van der Waals surface area contributed by atoms with Gasteiger partial charge in [0, 0.05) is 57.4 Å². The second kappa shape index (κ2) is 7.20. The molecule has 0 atom stereocenters. The summed E-state index contributed by atoms with van der Waals surface area (Å²) in [7, 11) is 0. The molecule has 2 fully saturated rings. The van der Waals surface area contributed by atoms with Gasteiger partial charge in [0.05, 0.1) is 0 Å². The maximum absolute atomic E-state index is 12.5. The molecule has 0 N–H and O–H groups in total. The maximum atomic E-state index is 12.5. The lowest BCUT2D eigenvalue weighted by Gasteiger charge is -2.46. The molecule has 0 spiro atoms. The molecule has 0 radical (unpaired) electrons. The van der Waals surface area contributed by atoms with Gasteiger partial charge in [-0.25, -0.2) is 0 Å². The molecule has 2 aliphatic heterocycles. The minimum Gasteiger partial charge on any atom is -0.339 e. The first-order valence-corrected chi connectivity index (χ1v) is 9.64. The van der Waals surface area contributed by atoms with E-state index in [1.807, 2.05) is 4.90 Å². The average Bonchev–Trinajstić information content (AvgIpc) is 3.53. The minimum absolute atomic E-state index is 0.231. The summed E-state index contributed by atoms with van der Waals surface area (Å²) in [6.07, 6.45) is 10.6. The zero-order chi connectivity index (χ0) is 18.0. The lowest BCUT2D eigenvalue weighted by atomic mass is 10.00. The van der Waals surface area contributed by atoms with Crippen molar-refractivity contribution in [1.29, 1.82) is 0 Å². The summed E-state index contributed by atoms with van der Waals surface area (Å²) in [5, 5.41) is 8.24. The van der Waals surface area contributed by atoms with E-state index in [2.05, 4.69) is 51.4 Å². The zero-order valence-electron chi connectivity index (χ0n) is 15.2. The standard InChI is InChI=1S/C21H26N4O/c1-2-3-12-21(22-23-21)13-11-20(26)24-15-19(16-24)25(18-9-10-18)14-17-7-5-4-6-8-17/h1,4-8,18-19H,3,9-16H2. The highest BCUT2D eigenvalue weighted by Gasteiger charge is 2.43. The van der Waals surface area contributed by atoms with E-state index in [1.165, 1.54) is 18.4 Å². The largest absolute Gasteiger partial charge is 0.339 e. The number of amides is 1. The molecular weight excluding hydrogens is 324 g/mol. The van der Waals surface area contributed by atoms with Crippen molar-refractivity contribution in [2.24, 2.45) is 10.2 Å². The van der Waals surface area contributed by atoms with E-state index in [4.69, 9.17) is 6.42 Å². The minimum atomic E-state index is -0.348. The summed E-state index contributed by atoms with van der Waals surface area (Å²) in [4.78, 5) is 17.1. The van der Waals surface area contributed by atoms with Crippen LogP contribution in [-0.2, 0) is 11.3 Å². The van der Waals surface area contributed by atoms with Crippen LogP contribution in [0.1, 0.15) is 44.1 Å². The highest BCUT2D eigenvalue weighted by Crippen LogP contribution is 2.38. The Balaban J connectivity index is 1.23. The molecule has 4 rings (SSSR count). The molecule has 5 nitrogen and oxygen atoms in total. The van der Waals surface area contributed by atoms with Gasteiger partial charge in [-0.05, 0) is 18.4 Å². The van der Waals surface area contributed by atoms with E-state index < -0.39 is 0 Å². The molecule has 1 amide bonds. The molecule has 0 bridgehead atoms. The fraction of sp³-hybridized carbons (Fsp3) is 0.571. The van der Waals surface area contributed by atoms with E-state index in [-0.39, 0.29) is 11.6 Å². The van der Waals surface area contributed by atoms with Gasteiger partial charge >= 0.3 is 0 Å². The van der Waals surface area contributed by atoms with Gasteiger partial charge in [-0.2, -0.15) is 10.2 Å². The van der Waals surface area contributed by atoms with Crippen LogP contribution in [0.15, 0.2) is 40.6 Å². The van der Waals surface area contributed by atoms with E-state index in [1.54, 1.807) is 0 Å². The predicted octanol–water partition coefficient (Wildman–Crippen LogP) is 3.22. The molecule has 1 saturated heterocycles. The van der Waals surface area contributed by atoms with Crippen LogP contribution in [0.4, 0.5) is 0 Å². The van der Waals surface area contributed by atoms with Crippen LogP contribution in [-0.4, -0.2) is 46.5 Å². The second-order valence-electron chi connectivity index (χ2n) is 7.73. The molecule has 1 aromatic carbocycles. The molecule has 136 valence electrons. The molecule has 1 saturated carbocycles. The number of nitrogens with zero attached hydrogens (tertiary/aromatic N) is 4. The van der Waals surface area contributed by atoms with Gasteiger partial charge < -0.3 is 4.90 Å². The van der Waals surface area contributed by atoms with E-state index in [0.717, 1.165) is 26.1 Å². The topological polar surface area (TPSA) is 48.3 Å². The van der Waals surface area contributed by atoms with E-state index in [0.29, 0.717) is 31.3 Å². The molecule has 1 aromatic rings. The number of terminal acetylenes is 1. The fourth-order valence-electron chi connectivity index (χ4n) is 3.76. The molecule has 5 heteroatoms. The smallest absolute Gasteiger partial charge is 0.222 e. The normalized spacial score (nSPS) is 20.7. The van der Waals surface area contributed by atoms with Gasteiger partial charge in [0.25, 0.3) is 0 Å². The van der Waals surface area contributed by atoms with Crippen molar-refractivity contribution in [2.45, 2.75) is 62.8 Å². The Labute approximate surface area is 155 Å². The summed E-state index contributed by atoms with van der Waals surface area (Å²) in [5.41, 5.74) is 1.01. The molecule has 0 unspecified atom stereocenters. The lowest BCUT2D eigenvalue weighted by molar-refractivity contribution is -0.139. The highest BCUT2D eigenvalue weighted by molar-refractivity contribution is 5.77. The summed E-state index contributed by atoms with van der Waals surface area (Å²) in [5.74, 6) is 2.86. The Morgan fingerprint density at radius 1 is 1.19 bits per heavy atom. The average molecular weight is 350 g/mol. The molecular formula is C21H26N4O. The van der Waals surface area contributed by atoms with Gasteiger partial charge in [0.2, 0.25) is 5.91 Å². The van der Waals surface area contributed by atoms with Crippen molar-refractivity contribution >= 4 is 5.91 Å². The van der Waals surface area contributed by atoms with Gasteiger partial charge in [0.15, 0.2) is 5.66 Å². The Morgan fingerprint density at radius 3 is 2.54 bits per heavy atom. The second-order valence-corrected chi connectivity index (χ2v) is 7.73. The van der Waals surface area contributed by atoms with Crippen molar-refractivity contribution in [2.75, 3.05) is 13.1 Å². The first-order valence-electron chi connectivity index (χ1n) is 9.64. The summed E-state index contributed by atoms with van der Waals surface area (Å²) in [6, 6.07) is 11.8. The quantitative estimate of drug-likeness (QED) is 0.642. The number of rotatable bonds is 9. The number of carbonyl (C=O) groups is 1. The van der Waals surface area contributed by atoms with Gasteiger partial charge in [-0.15, -0.1) is 12.3 Å². The van der Waals surface area contributed by atoms with Crippen LogP contribution >= 0.6 is 0 Å². The van der Waals surface area contributed by atoms with Crippen LogP contribution in [0.25, 0.3) is 0 Å². The zero-order valence-corrected chi connectivity index (χ0v) is 15.2. The first kappa shape index (κ1) is 17.2. The van der Waals surface area contributed by atoms with Crippen molar-refractivity contribution in [3.63, 3.8) is 0 Å². The Hall–Kier alpha value is -2.19. The van der Waals surface area contributed by atoms with E-state index in [9.17, 15) is 4.79 Å². The molecule has 3 aliphatic rings. The monoisotopic (exact) mass is 350 g/mol. The highest BCUT2D eigenvalue weighted by atomic mass is 16.2. The third-order valence-electron chi connectivity index (χ3n) is 5.70. The molecule has 1 aliphatic carbocycles. The Bertz CT molecular complexity index is 707. The number of hydrogen-bond donors (Lipinski definition) is 0. The summed E-state index contributed by atoms with van der Waals surface area (Å²) in [6.45, 7) is 2.70. The van der Waals surface area contributed by atoms with Crippen molar-refractivity contribution in [1.82, 2.24) is 9.80 Å². The molecule has 0 aromatic heterocycles. The predicted molar refractivity (Wildman–Crippen MR) is 100 cm³/mol. The fourth-order valence-corrected chi connectivity index (χ4v) is 3.76. The number of benzene rings is 1. The third-order valence-corrected chi connectivity index (χ3v) is 5.70. The van der Waals surface area contributed by atoms with Crippen LogP contribution in [0.3, 0.4) is 0 Å². The van der Waals surface area contributed by atoms with Crippen molar-refractivity contribution < 1.29 is 4.79 Å². The maximum Gasteiger partial charge on any atom is 0.222 e. The lowest BCUT2D eigenvalue weighted by Crippen LogP contribution is -2.61. The number of likely N-dealkylation sites (tertiary alicyclic amines) is 1. The third kappa shape index (κ3) is 3.96. The van der Waals surface area contributed by atoms with Gasteiger partial charge in [-0.3, -0.25) is 9.69 Å². The SMILES string of the molecule is C#CCCC1(CCC(=O)N2CC(N(Cc3ccccc3)C3CC3)C2)N=N1. The molecule has 26 heavy (non-hydrogen) atoms. The van der Waals surface area contributed by atoms with Crippen molar-refractivity contribution in [3.8, 4) is 12.3 Å². The number of carbonyl (C=O) groups excluding carboxylic acids is 1. The van der Waals surface area contributed by atoms with E-state index >= 15 is 0 Å². The Morgan fingerprint density at radius 2 is 1.92 bits per heavy atom. The van der Waals surface area contributed by atoms with Crippen LogP contribution < -0.4 is 0 Å². The van der Waals surface area contributed by atoms with Crippen molar-refractivity contribution in [3.05, 3.63) is 35.9 Å². The van der Waals surface area contributed by atoms with Crippen LogP contribution in [0, 0.1) is 12.3 Å². The van der Waals surface area contributed by atoms with Crippen LogP contribution in [0.5, 0.6) is 0 Å². The molecule has 2 heterocycles. The van der Waals surface area contributed by atoms with Crippen LogP contribution in [0.2, 0.25) is 0 Å². The summed E-state index contributed by atoms with van der Waals surface area (Å²) < 4.78 is 0.